The lowest BCUT2D eigenvalue weighted by Crippen LogP contribution is -2.04. The first-order chi connectivity index (χ1) is 5.49. The van der Waals surface area contributed by atoms with Crippen LogP contribution < -0.4 is 0 Å². The van der Waals surface area contributed by atoms with Gasteiger partial charge in [0.15, 0.2) is 0 Å². The number of hydrogen-bond acceptors (Lipinski definition) is 0. The highest BCUT2D eigenvalue weighted by Gasteiger charge is 2.08. The molecule has 0 rings (SSSR count). The Morgan fingerprint density at radius 3 is 1.67 bits per heavy atom. The van der Waals surface area contributed by atoms with Gasteiger partial charge in [0.1, 0.15) is 0 Å². The van der Waals surface area contributed by atoms with Crippen molar-refractivity contribution < 1.29 is 0 Å². The summed E-state index contributed by atoms with van der Waals surface area (Å²) in [6.07, 6.45) is 3.71. The van der Waals surface area contributed by atoms with E-state index in [4.69, 9.17) is 0 Å². The molecule has 0 fully saturated rings. The number of hydrogen-bond donors (Lipinski definition) is 0. The molecule has 0 aromatic carbocycles. The van der Waals surface area contributed by atoms with Crippen LogP contribution in [0.25, 0.3) is 0 Å². The van der Waals surface area contributed by atoms with E-state index in [-0.39, 0.29) is 0 Å². The van der Waals surface area contributed by atoms with Crippen molar-refractivity contribution in [1.29, 1.82) is 0 Å². The second kappa shape index (κ2) is 5.40. The monoisotopic (exact) mass is 168 g/mol. The Bertz CT molecular complexity index is 130. The van der Waals surface area contributed by atoms with E-state index >= 15 is 0 Å². The molecule has 0 aliphatic heterocycles. The van der Waals surface area contributed by atoms with Crippen LogP contribution in [0.5, 0.6) is 0 Å². The lowest BCUT2D eigenvalue weighted by molar-refractivity contribution is 0.593. The van der Waals surface area contributed by atoms with E-state index in [2.05, 4.69) is 47.6 Å². The van der Waals surface area contributed by atoms with Gasteiger partial charge in [-0.05, 0) is 17.8 Å². The minimum absolute atomic E-state index is 0.707. The summed E-state index contributed by atoms with van der Waals surface area (Å²) in [6, 6.07) is 0. The topological polar surface area (TPSA) is 0 Å². The Morgan fingerprint density at radius 2 is 1.42 bits per heavy atom. The van der Waals surface area contributed by atoms with Crippen LogP contribution in [-0.4, -0.2) is 0 Å². The van der Waals surface area contributed by atoms with Crippen LogP contribution in [-0.2, 0) is 0 Å². The van der Waals surface area contributed by atoms with Gasteiger partial charge in [0.25, 0.3) is 0 Å². The van der Waals surface area contributed by atoms with Gasteiger partial charge in [-0.3, -0.25) is 0 Å². The third-order valence-corrected chi connectivity index (χ3v) is 2.45. The zero-order chi connectivity index (χ0) is 9.72. The van der Waals surface area contributed by atoms with E-state index in [9.17, 15) is 0 Å². The zero-order valence-electron chi connectivity index (χ0n) is 9.52. The van der Waals surface area contributed by atoms with Crippen LogP contribution in [0.3, 0.4) is 0 Å². The first kappa shape index (κ1) is 11.7. The Labute approximate surface area is 78.1 Å². The van der Waals surface area contributed by atoms with Crippen LogP contribution in [0.15, 0.2) is 11.6 Å². The lowest BCUT2D eigenvalue weighted by Gasteiger charge is -2.17. The van der Waals surface area contributed by atoms with Crippen molar-refractivity contribution in [1.82, 2.24) is 0 Å². The van der Waals surface area contributed by atoms with Crippen molar-refractivity contribution in [2.75, 3.05) is 0 Å². The molecule has 0 aliphatic carbocycles. The van der Waals surface area contributed by atoms with Gasteiger partial charge in [-0.1, -0.05) is 59.6 Å². The van der Waals surface area contributed by atoms with Crippen molar-refractivity contribution in [3.8, 4) is 0 Å². The molecule has 0 aromatic heterocycles. The van der Waals surface area contributed by atoms with Crippen molar-refractivity contribution in [2.45, 2.75) is 48.0 Å². The third-order valence-electron chi connectivity index (χ3n) is 2.45. The van der Waals surface area contributed by atoms with Gasteiger partial charge in [0.2, 0.25) is 0 Å². The van der Waals surface area contributed by atoms with Crippen LogP contribution in [0.1, 0.15) is 48.0 Å². The fourth-order valence-electron chi connectivity index (χ4n) is 1.50. The van der Waals surface area contributed by atoms with E-state index < -0.39 is 0 Å². The summed E-state index contributed by atoms with van der Waals surface area (Å²) in [4.78, 5) is 0. The van der Waals surface area contributed by atoms with E-state index in [0.29, 0.717) is 11.8 Å². The van der Waals surface area contributed by atoms with Crippen LogP contribution >= 0.6 is 0 Å². The van der Waals surface area contributed by atoms with Gasteiger partial charge < -0.3 is 0 Å². The van der Waals surface area contributed by atoms with Crippen LogP contribution in [0, 0.1) is 17.8 Å². The van der Waals surface area contributed by atoms with E-state index in [1.165, 1.54) is 6.42 Å². The number of allylic oxidation sites excluding steroid dienone is 2. The normalized spacial score (nSPS) is 13.7. The molecule has 1 atom stereocenters. The Hall–Kier alpha value is -0.260. The Balaban J connectivity index is 4.38. The highest BCUT2D eigenvalue weighted by Crippen LogP contribution is 2.22. The lowest BCUT2D eigenvalue weighted by atomic mass is 9.89. The highest BCUT2D eigenvalue weighted by atomic mass is 14.1. The SMILES string of the molecule is CCC(C)C=C(C(C)C)C(C)C. The first-order valence-electron chi connectivity index (χ1n) is 5.20. The molecule has 1 unspecified atom stereocenters. The van der Waals surface area contributed by atoms with Gasteiger partial charge in [-0.25, -0.2) is 0 Å². The molecule has 0 aromatic rings. The van der Waals surface area contributed by atoms with Crippen molar-refractivity contribution in [3.05, 3.63) is 11.6 Å². The van der Waals surface area contributed by atoms with Gasteiger partial charge in [-0.15, -0.1) is 0 Å². The molecule has 0 saturated carbocycles. The van der Waals surface area contributed by atoms with Crippen molar-refractivity contribution >= 4 is 0 Å². The third kappa shape index (κ3) is 3.94. The molecular formula is C12H24. The van der Waals surface area contributed by atoms with Crippen molar-refractivity contribution in [3.63, 3.8) is 0 Å². The van der Waals surface area contributed by atoms with Gasteiger partial charge in [0, 0.05) is 0 Å². The highest BCUT2D eigenvalue weighted by molar-refractivity contribution is 5.08. The summed E-state index contributed by atoms with van der Waals surface area (Å²) in [5.41, 5.74) is 1.62. The average Bonchev–Trinajstić information content (AvgIpc) is 1.98. The maximum Gasteiger partial charge on any atom is -0.0257 e. The summed E-state index contributed by atoms with van der Waals surface area (Å²) >= 11 is 0. The standard InChI is InChI=1S/C12H24/c1-7-11(6)8-12(9(2)3)10(4)5/h8-11H,7H2,1-6H3. The largest absolute Gasteiger partial charge is 0.0820 e. The molecule has 0 saturated heterocycles. The van der Waals surface area contributed by atoms with Gasteiger partial charge in [-0.2, -0.15) is 0 Å². The second-order valence-electron chi connectivity index (χ2n) is 4.36. The summed E-state index contributed by atoms with van der Waals surface area (Å²) in [7, 11) is 0. The summed E-state index contributed by atoms with van der Waals surface area (Å²) in [6.45, 7) is 13.7. The molecule has 12 heavy (non-hydrogen) atoms. The van der Waals surface area contributed by atoms with Gasteiger partial charge in [0.05, 0.1) is 0 Å². The molecule has 0 bridgehead atoms. The minimum Gasteiger partial charge on any atom is -0.0820 e. The molecule has 0 N–H and O–H groups in total. The molecule has 0 aliphatic rings. The minimum atomic E-state index is 0.707. The molecular weight excluding hydrogens is 144 g/mol. The summed E-state index contributed by atoms with van der Waals surface area (Å²) < 4.78 is 0. The summed E-state index contributed by atoms with van der Waals surface area (Å²) in [5.74, 6) is 2.16. The average molecular weight is 168 g/mol. The smallest absolute Gasteiger partial charge is 0.0257 e. The van der Waals surface area contributed by atoms with Gasteiger partial charge >= 0.3 is 0 Å². The quantitative estimate of drug-likeness (QED) is 0.550. The molecule has 0 amide bonds. The number of rotatable bonds is 4. The maximum atomic E-state index is 2.45. The molecule has 0 spiro atoms. The molecule has 0 heterocycles. The Morgan fingerprint density at radius 1 is 1.00 bits per heavy atom. The van der Waals surface area contributed by atoms with Crippen LogP contribution in [0.2, 0.25) is 0 Å². The molecule has 72 valence electrons. The Kier molecular flexibility index (Phi) is 5.28. The van der Waals surface area contributed by atoms with E-state index in [0.717, 1.165) is 5.92 Å². The maximum absolute atomic E-state index is 2.45. The zero-order valence-corrected chi connectivity index (χ0v) is 9.52. The summed E-state index contributed by atoms with van der Waals surface area (Å²) in [5, 5.41) is 0. The molecule has 0 radical (unpaired) electrons. The second-order valence-corrected chi connectivity index (χ2v) is 4.36. The first-order valence-corrected chi connectivity index (χ1v) is 5.20. The fraction of sp³-hybridized carbons (Fsp3) is 0.833. The van der Waals surface area contributed by atoms with Crippen molar-refractivity contribution in [2.24, 2.45) is 17.8 Å². The molecule has 0 heteroatoms. The fourth-order valence-corrected chi connectivity index (χ4v) is 1.50. The predicted molar refractivity (Wildman–Crippen MR) is 57.2 cm³/mol. The predicted octanol–water partition coefficient (Wildman–Crippen LogP) is 4.27. The molecule has 0 nitrogen and oxygen atoms in total. The van der Waals surface area contributed by atoms with E-state index in [1.54, 1.807) is 5.57 Å². The van der Waals surface area contributed by atoms with Crippen LogP contribution in [0.4, 0.5) is 0 Å². The van der Waals surface area contributed by atoms with E-state index in [1.807, 2.05) is 0 Å².